The average Bonchev–Trinajstić information content (AvgIpc) is 2.71. The minimum Gasteiger partial charge on any atom is -0.334 e. The molecule has 0 saturated carbocycles. The van der Waals surface area contributed by atoms with Crippen LogP contribution >= 0.6 is 11.6 Å². The van der Waals surface area contributed by atoms with Gasteiger partial charge < -0.3 is 10.6 Å². The third kappa shape index (κ3) is 3.76. The Morgan fingerprint density at radius 3 is 2.55 bits per heavy atom. The molecule has 0 aliphatic heterocycles. The normalized spacial score (nSPS) is 10.7. The van der Waals surface area contributed by atoms with Gasteiger partial charge in [-0.05, 0) is 42.5 Å². The Balaban J connectivity index is 1.75. The Bertz CT molecular complexity index is 1230. The molecule has 0 bridgehead atoms. The summed E-state index contributed by atoms with van der Waals surface area (Å²) in [5.74, 6) is -0.660. The molecule has 2 aromatic heterocycles. The molecule has 2 heterocycles. The van der Waals surface area contributed by atoms with E-state index in [1.165, 1.54) is 18.5 Å². The molecule has 0 atom stereocenters. The highest BCUT2D eigenvalue weighted by molar-refractivity contribution is 6.31. The van der Waals surface area contributed by atoms with Gasteiger partial charge in [-0.1, -0.05) is 17.7 Å². The van der Waals surface area contributed by atoms with E-state index in [1.807, 2.05) is 12.1 Å². The lowest BCUT2D eigenvalue weighted by atomic mass is 10.2. The predicted octanol–water partition coefficient (Wildman–Crippen LogP) is 5.21. The Morgan fingerprint density at radius 1 is 1.00 bits per heavy atom. The number of nitrogens with one attached hydrogen (secondary N) is 2. The first kappa shape index (κ1) is 18.5. The number of pyridine rings is 1. The zero-order chi connectivity index (χ0) is 20.4. The van der Waals surface area contributed by atoms with Gasteiger partial charge in [0.15, 0.2) is 0 Å². The molecule has 2 aromatic carbocycles. The number of hydrogen-bond donors (Lipinski definition) is 2. The van der Waals surface area contributed by atoms with Crippen LogP contribution in [0.2, 0.25) is 5.02 Å². The highest BCUT2D eigenvalue weighted by Crippen LogP contribution is 2.35. The van der Waals surface area contributed by atoms with Gasteiger partial charge in [-0.2, -0.15) is 0 Å². The Morgan fingerprint density at radius 2 is 1.79 bits per heavy atom. The largest absolute Gasteiger partial charge is 0.353 e. The fraction of sp³-hybridized carbons (Fsp3) is 0. The van der Waals surface area contributed by atoms with Gasteiger partial charge in [-0.15, -0.1) is 0 Å². The van der Waals surface area contributed by atoms with Crippen LogP contribution in [0.4, 0.5) is 33.1 Å². The Kier molecular flexibility index (Phi) is 4.88. The molecule has 0 aliphatic rings. The van der Waals surface area contributed by atoms with E-state index >= 15 is 0 Å². The van der Waals surface area contributed by atoms with E-state index < -0.39 is 10.7 Å². The molecule has 144 valence electrons. The number of nitrogens with zero attached hydrogens (tertiary/aromatic N) is 4. The number of rotatable bonds is 5. The molecule has 0 unspecified atom stereocenters. The van der Waals surface area contributed by atoms with E-state index in [0.29, 0.717) is 11.4 Å². The van der Waals surface area contributed by atoms with E-state index in [-0.39, 0.29) is 22.3 Å². The number of fused-ring (bicyclic) bond motifs is 1. The minimum absolute atomic E-state index is 0.00272. The van der Waals surface area contributed by atoms with Gasteiger partial charge in [0.25, 0.3) is 0 Å². The monoisotopic (exact) mass is 410 g/mol. The first-order valence-corrected chi connectivity index (χ1v) is 8.73. The second-order valence-electron chi connectivity index (χ2n) is 5.93. The number of nitro groups is 1. The maximum absolute atomic E-state index is 13.4. The summed E-state index contributed by atoms with van der Waals surface area (Å²) >= 11 is 5.78. The first-order valence-electron chi connectivity index (χ1n) is 8.35. The van der Waals surface area contributed by atoms with E-state index in [4.69, 9.17) is 11.6 Å². The zero-order valence-corrected chi connectivity index (χ0v) is 15.4. The van der Waals surface area contributed by atoms with Crippen LogP contribution in [0.3, 0.4) is 0 Å². The number of hydrogen-bond acceptors (Lipinski definition) is 7. The van der Waals surface area contributed by atoms with Crippen molar-refractivity contribution in [1.82, 2.24) is 15.0 Å². The summed E-state index contributed by atoms with van der Waals surface area (Å²) in [6.07, 6.45) is 2.85. The van der Waals surface area contributed by atoms with Crippen LogP contribution in [-0.2, 0) is 0 Å². The fourth-order valence-corrected chi connectivity index (χ4v) is 2.97. The van der Waals surface area contributed by atoms with Gasteiger partial charge in [0.1, 0.15) is 12.1 Å². The highest BCUT2D eigenvalue weighted by atomic mass is 35.5. The van der Waals surface area contributed by atoms with Crippen molar-refractivity contribution in [3.05, 3.63) is 82.0 Å². The molecule has 8 nitrogen and oxygen atoms in total. The van der Waals surface area contributed by atoms with Gasteiger partial charge in [0, 0.05) is 23.0 Å². The van der Waals surface area contributed by atoms with Crippen LogP contribution in [-0.4, -0.2) is 19.9 Å². The fourth-order valence-electron chi connectivity index (χ4n) is 2.79. The summed E-state index contributed by atoms with van der Waals surface area (Å²) in [5, 5.41) is 18.2. The van der Waals surface area contributed by atoms with Crippen LogP contribution in [0.5, 0.6) is 0 Å². The predicted molar refractivity (Wildman–Crippen MR) is 108 cm³/mol. The van der Waals surface area contributed by atoms with Crippen molar-refractivity contribution in [2.24, 2.45) is 0 Å². The Labute approximate surface area is 168 Å². The summed E-state index contributed by atoms with van der Waals surface area (Å²) in [7, 11) is 0. The maximum atomic E-state index is 13.4. The molecule has 10 heteroatoms. The highest BCUT2D eigenvalue weighted by Gasteiger charge is 2.24. The number of benzene rings is 2. The number of aromatic nitrogens is 3. The molecular weight excluding hydrogens is 399 g/mol. The average molecular weight is 411 g/mol. The molecule has 0 radical (unpaired) electrons. The van der Waals surface area contributed by atoms with Gasteiger partial charge >= 0.3 is 5.69 Å². The standard InChI is InChI=1S/C19H12ClFN6O2/c20-13-9-11(6-7-14(13)21)25-18-17(27(28)29)19(24-10-23-18)26-16-5-1-4-15-12(16)3-2-8-22-15/h1-10H,(H2,23,24,25,26). The van der Waals surface area contributed by atoms with E-state index in [2.05, 4.69) is 25.6 Å². The van der Waals surface area contributed by atoms with Crippen molar-refractivity contribution in [2.45, 2.75) is 0 Å². The molecule has 4 aromatic rings. The second kappa shape index (κ2) is 7.64. The maximum Gasteiger partial charge on any atom is 0.353 e. The van der Waals surface area contributed by atoms with E-state index in [9.17, 15) is 14.5 Å². The zero-order valence-electron chi connectivity index (χ0n) is 14.6. The van der Waals surface area contributed by atoms with Gasteiger partial charge in [-0.3, -0.25) is 15.1 Å². The van der Waals surface area contributed by atoms with E-state index in [1.54, 1.807) is 24.4 Å². The lowest BCUT2D eigenvalue weighted by Gasteiger charge is -2.11. The summed E-state index contributed by atoms with van der Waals surface area (Å²) in [6.45, 7) is 0. The number of anilines is 4. The molecule has 29 heavy (non-hydrogen) atoms. The number of halogens is 2. The third-order valence-corrected chi connectivity index (χ3v) is 4.38. The first-order chi connectivity index (χ1) is 14.0. The summed E-state index contributed by atoms with van der Waals surface area (Å²) in [5.41, 5.74) is 1.31. The van der Waals surface area contributed by atoms with Gasteiger partial charge in [0.05, 0.1) is 15.5 Å². The molecule has 4 rings (SSSR count). The molecule has 0 spiro atoms. The topological polar surface area (TPSA) is 106 Å². The Hall–Kier alpha value is -3.85. The van der Waals surface area contributed by atoms with Crippen molar-refractivity contribution in [3.63, 3.8) is 0 Å². The third-order valence-electron chi connectivity index (χ3n) is 4.09. The molecule has 0 aliphatic carbocycles. The second-order valence-corrected chi connectivity index (χ2v) is 6.34. The van der Waals surface area contributed by atoms with Crippen LogP contribution in [0.25, 0.3) is 10.9 Å². The minimum atomic E-state index is -0.598. The molecule has 0 amide bonds. The summed E-state index contributed by atoms with van der Waals surface area (Å²) in [4.78, 5) is 23.4. The molecule has 0 saturated heterocycles. The van der Waals surface area contributed by atoms with Crippen LogP contribution in [0.15, 0.2) is 61.1 Å². The van der Waals surface area contributed by atoms with Crippen LogP contribution in [0, 0.1) is 15.9 Å². The van der Waals surface area contributed by atoms with Crippen LogP contribution in [0.1, 0.15) is 0 Å². The molecule has 0 fully saturated rings. The van der Waals surface area contributed by atoms with Crippen molar-refractivity contribution < 1.29 is 9.31 Å². The van der Waals surface area contributed by atoms with Gasteiger partial charge in [-0.25, -0.2) is 14.4 Å². The molecular formula is C19H12ClFN6O2. The smallest absolute Gasteiger partial charge is 0.334 e. The summed E-state index contributed by atoms with van der Waals surface area (Å²) in [6, 6.07) is 12.9. The lowest BCUT2D eigenvalue weighted by molar-refractivity contribution is -0.383. The van der Waals surface area contributed by atoms with Crippen molar-refractivity contribution >= 4 is 51.2 Å². The van der Waals surface area contributed by atoms with Crippen LogP contribution < -0.4 is 10.6 Å². The van der Waals surface area contributed by atoms with Gasteiger partial charge in [0.2, 0.25) is 11.6 Å². The van der Waals surface area contributed by atoms with Crippen molar-refractivity contribution in [2.75, 3.05) is 10.6 Å². The van der Waals surface area contributed by atoms with E-state index in [0.717, 1.165) is 17.0 Å². The lowest BCUT2D eigenvalue weighted by Crippen LogP contribution is -2.06. The van der Waals surface area contributed by atoms with Crippen molar-refractivity contribution in [1.29, 1.82) is 0 Å². The van der Waals surface area contributed by atoms with Crippen molar-refractivity contribution in [3.8, 4) is 0 Å². The molecule has 2 N–H and O–H groups in total. The quantitative estimate of drug-likeness (QED) is 0.343. The SMILES string of the molecule is O=[N+]([O-])c1c(Nc2ccc(F)c(Cl)c2)ncnc1Nc1cccc2ncccc12. The summed E-state index contributed by atoms with van der Waals surface area (Å²) < 4.78 is 13.4.